The van der Waals surface area contributed by atoms with Gasteiger partial charge in [-0.15, -0.1) is 5.10 Å². The summed E-state index contributed by atoms with van der Waals surface area (Å²) < 4.78 is 5.30. The van der Waals surface area contributed by atoms with Crippen molar-refractivity contribution in [3.8, 4) is 5.75 Å². The third kappa shape index (κ3) is 3.67. The fourth-order valence-corrected chi connectivity index (χ4v) is 2.52. The minimum atomic E-state index is 0.268. The SMILES string of the molecule is COc1ccccc1Nc1cnnc(Nc2c(Cl)cccc2Cl)n1. The van der Waals surface area contributed by atoms with Gasteiger partial charge in [-0.3, -0.25) is 0 Å². The number of nitrogens with zero attached hydrogens (tertiary/aromatic N) is 3. The predicted octanol–water partition coefficient (Wildman–Crippen LogP) is 4.67. The smallest absolute Gasteiger partial charge is 0.249 e. The Morgan fingerprint density at radius 2 is 1.71 bits per heavy atom. The van der Waals surface area contributed by atoms with E-state index in [1.54, 1.807) is 25.3 Å². The number of nitrogens with one attached hydrogen (secondary N) is 2. The predicted molar refractivity (Wildman–Crippen MR) is 95.8 cm³/mol. The summed E-state index contributed by atoms with van der Waals surface area (Å²) >= 11 is 12.3. The molecular weight excluding hydrogens is 349 g/mol. The highest BCUT2D eigenvalue weighted by Gasteiger charge is 2.09. The van der Waals surface area contributed by atoms with Crippen molar-refractivity contribution < 1.29 is 4.74 Å². The first kappa shape index (κ1) is 16.3. The molecule has 2 aromatic carbocycles. The van der Waals surface area contributed by atoms with E-state index in [1.165, 1.54) is 6.20 Å². The largest absolute Gasteiger partial charge is 0.495 e. The highest BCUT2D eigenvalue weighted by molar-refractivity contribution is 6.39. The normalized spacial score (nSPS) is 10.3. The molecule has 2 N–H and O–H groups in total. The van der Waals surface area contributed by atoms with Crippen LogP contribution < -0.4 is 15.4 Å². The molecule has 24 heavy (non-hydrogen) atoms. The average molecular weight is 362 g/mol. The van der Waals surface area contributed by atoms with Crippen LogP contribution >= 0.6 is 23.2 Å². The second-order valence-corrected chi connectivity index (χ2v) is 5.53. The standard InChI is InChI=1S/C16H13Cl2N5O/c1-24-13-8-3-2-7-12(13)20-14-9-19-23-16(21-14)22-15-10(17)5-4-6-11(15)18/h2-9H,1H3,(H2,20,21,22,23). The Morgan fingerprint density at radius 3 is 2.46 bits per heavy atom. The molecule has 0 aliphatic heterocycles. The van der Waals surface area contributed by atoms with Crippen LogP contribution in [0.3, 0.4) is 0 Å². The molecule has 0 atom stereocenters. The summed E-state index contributed by atoms with van der Waals surface area (Å²) in [6.45, 7) is 0. The highest BCUT2D eigenvalue weighted by Crippen LogP contribution is 2.32. The zero-order valence-corrected chi connectivity index (χ0v) is 14.1. The molecule has 0 aliphatic rings. The molecule has 3 rings (SSSR count). The third-order valence-corrected chi connectivity index (χ3v) is 3.76. The molecule has 0 radical (unpaired) electrons. The lowest BCUT2D eigenvalue weighted by atomic mass is 10.3. The molecule has 8 heteroatoms. The van der Waals surface area contributed by atoms with Crippen molar-refractivity contribution in [1.82, 2.24) is 15.2 Å². The van der Waals surface area contributed by atoms with Gasteiger partial charge >= 0.3 is 0 Å². The lowest BCUT2D eigenvalue weighted by molar-refractivity contribution is 0.417. The molecule has 0 amide bonds. The summed E-state index contributed by atoms with van der Waals surface area (Å²) in [5.41, 5.74) is 1.29. The van der Waals surface area contributed by atoms with Crippen molar-refractivity contribution >= 4 is 46.3 Å². The average Bonchev–Trinajstić information content (AvgIpc) is 2.59. The van der Waals surface area contributed by atoms with Crippen LogP contribution in [-0.2, 0) is 0 Å². The first-order valence-corrected chi connectivity index (χ1v) is 7.74. The molecule has 1 heterocycles. The Labute approximate surface area is 148 Å². The van der Waals surface area contributed by atoms with Crippen LogP contribution in [0.1, 0.15) is 0 Å². The minimum Gasteiger partial charge on any atom is -0.495 e. The Hall–Kier alpha value is -2.57. The van der Waals surface area contributed by atoms with E-state index < -0.39 is 0 Å². The van der Waals surface area contributed by atoms with Gasteiger partial charge in [-0.2, -0.15) is 10.1 Å². The second kappa shape index (κ2) is 7.33. The maximum Gasteiger partial charge on any atom is 0.249 e. The molecule has 0 saturated heterocycles. The summed E-state index contributed by atoms with van der Waals surface area (Å²) in [6.07, 6.45) is 1.51. The quantitative estimate of drug-likeness (QED) is 0.687. The van der Waals surface area contributed by atoms with Crippen LogP contribution in [0.2, 0.25) is 10.0 Å². The number of benzene rings is 2. The molecule has 0 fully saturated rings. The highest BCUT2D eigenvalue weighted by atomic mass is 35.5. The molecule has 0 aliphatic carbocycles. The van der Waals surface area contributed by atoms with E-state index in [9.17, 15) is 0 Å². The van der Waals surface area contributed by atoms with Gasteiger partial charge in [0.25, 0.3) is 0 Å². The molecule has 0 saturated carbocycles. The topological polar surface area (TPSA) is 72.0 Å². The number of rotatable bonds is 5. The van der Waals surface area contributed by atoms with Crippen molar-refractivity contribution in [1.29, 1.82) is 0 Å². The lowest BCUT2D eigenvalue weighted by Gasteiger charge is -2.11. The van der Waals surface area contributed by atoms with Crippen molar-refractivity contribution in [3.05, 3.63) is 58.7 Å². The van der Waals surface area contributed by atoms with Gasteiger partial charge in [-0.05, 0) is 24.3 Å². The van der Waals surface area contributed by atoms with Crippen LogP contribution in [0.25, 0.3) is 0 Å². The van der Waals surface area contributed by atoms with Gasteiger partial charge < -0.3 is 15.4 Å². The molecular formula is C16H13Cl2N5O. The first-order chi connectivity index (χ1) is 11.7. The van der Waals surface area contributed by atoms with Gasteiger partial charge in [0.15, 0.2) is 5.82 Å². The van der Waals surface area contributed by atoms with Gasteiger partial charge in [0.05, 0.1) is 34.7 Å². The maximum absolute atomic E-state index is 6.13. The van der Waals surface area contributed by atoms with Gasteiger partial charge in [0.2, 0.25) is 5.95 Å². The molecule has 0 unspecified atom stereocenters. The Balaban J connectivity index is 1.84. The van der Waals surface area contributed by atoms with Crippen molar-refractivity contribution in [2.24, 2.45) is 0 Å². The van der Waals surface area contributed by atoms with Gasteiger partial charge in [0, 0.05) is 0 Å². The van der Waals surface area contributed by atoms with Gasteiger partial charge in [-0.25, -0.2) is 0 Å². The molecule has 1 aromatic heterocycles. The van der Waals surface area contributed by atoms with Gasteiger partial charge in [0.1, 0.15) is 5.75 Å². The van der Waals surface area contributed by atoms with E-state index in [2.05, 4.69) is 25.8 Å². The number of anilines is 4. The van der Waals surface area contributed by atoms with Crippen LogP contribution in [0.4, 0.5) is 23.1 Å². The van der Waals surface area contributed by atoms with E-state index in [1.807, 2.05) is 24.3 Å². The molecule has 0 spiro atoms. The first-order valence-electron chi connectivity index (χ1n) is 6.98. The maximum atomic E-state index is 6.13. The number of methoxy groups -OCH3 is 1. The van der Waals surface area contributed by atoms with Crippen LogP contribution in [-0.4, -0.2) is 22.3 Å². The van der Waals surface area contributed by atoms with E-state index in [-0.39, 0.29) is 5.95 Å². The van der Waals surface area contributed by atoms with E-state index in [4.69, 9.17) is 27.9 Å². The number of halogens is 2. The number of aromatic nitrogens is 3. The van der Waals surface area contributed by atoms with Crippen molar-refractivity contribution in [2.75, 3.05) is 17.7 Å². The lowest BCUT2D eigenvalue weighted by Crippen LogP contribution is -2.03. The minimum absolute atomic E-state index is 0.268. The van der Waals surface area contributed by atoms with Crippen molar-refractivity contribution in [3.63, 3.8) is 0 Å². The van der Waals surface area contributed by atoms with E-state index in [0.717, 1.165) is 5.69 Å². The molecule has 0 bridgehead atoms. The van der Waals surface area contributed by atoms with Gasteiger partial charge in [-0.1, -0.05) is 41.4 Å². The third-order valence-electron chi connectivity index (χ3n) is 3.13. The molecule has 3 aromatic rings. The number of para-hydroxylation sites is 3. The zero-order valence-electron chi connectivity index (χ0n) is 12.6. The number of ether oxygens (including phenoxy) is 1. The van der Waals surface area contributed by atoms with Crippen molar-refractivity contribution in [2.45, 2.75) is 0 Å². The zero-order chi connectivity index (χ0) is 16.9. The molecule has 6 nitrogen and oxygen atoms in total. The molecule has 122 valence electrons. The van der Waals surface area contributed by atoms with E-state index in [0.29, 0.717) is 27.3 Å². The summed E-state index contributed by atoms with van der Waals surface area (Å²) in [5.74, 6) is 1.46. The summed E-state index contributed by atoms with van der Waals surface area (Å²) in [4.78, 5) is 4.35. The Kier molecular flexibility index (Phi) is 4.98. The van der Waals surface area contributed by atoms with Crippen LogP contribution in [0.15, 0.2) is 48.7 Å². The fourth-order valence-electron chi connectivity index (χ4n) is 2.03. The summed E-state index contributed by atoms with van der Waals surface area (Å²) in [6, 6.07) is 12.7. The second-order valence-electron chi connectivity index (χ2n) is 4.71. The Morgan fingerprint density at radius 1 is 0.958 bits per heavy atom. The van der Waals surface area contributed by atoms with E-state index >= 15 is 0 Å². The fraction of sp³-hybridized carbons (Fsp3) is 0.0625. The summed E-state index contributed by atoms with van der Waals surface area (Å²) in [5, 5.41) is 14.9. The van der Waals surface area contributed by atoms with Crippen LogP contribution in [0, 0.1) is 0 Å². The van der Waals surface area contributed by atoms with Crippen LogP contribution in [0.5, 0.6) is 5.75 Å². The monoisotopic (exact) mass is 361 g/mol. The number of hydrogen-bond acceptors (Lipinski definition) is 6. The summed E-state index contributed by atoms with van der Waals surface area (Å²) in [7, 11) is 1.60. The number of hydrogen-bond donors (Lipinski definition) is 2. The Bertz CT molecular complexity index is 839.